The van der Waals surface area contributed by atoms with Crippen molar-refractivity contribution in [1.82, 2.24) is 0 Å². The van der Waals surface area contributed by atoms with Crippen LogP contribution in [-0.4, -0.2) is 33.6 Å². The van der Waals surface area contributed by atoms with E-state index in [1.54, 1.807) is 5.57 Å². The zero-order valence-electron chi connectivity index (χ0n) is 19.0. The second-order valence-electron chi connectivity index (χ2n) is 11.8. The third-order valence-electron chi connectivity index (χ3n) is 10.2. The van der Waals surface area contributed by atoms with Crippen molar-refractivity contribution >= 4 is 0 Å². The van der Waals surface area contributed by atoms with E-state index < -0.39 is 5.60 Å². The predicted octanol–water partition coefficient (Wildman–Crippen LogP) is 5.23. The summed E-state index contributed by atoms with van der Waals surface area (Å²) in [5.74, 6) is 3.30. The third kappa shape index (κ3) is 3.85. The van der Waals surface area contributed by atoms with Crippen molar-refractivity contribution in [2.45, 2.75) is 110 Å². The van der Waals surface area contributed by atoms with Gasteiger partial charge in [0, 0.05) is 6.61 Å². The molecule has 3 N–H and O–H groups in total. The molecule has 3 saturated carbocycles. The molecule has 8 unspecified atom stereocenters. The van der Waals surface area contributed by atoms with E-state index in [2.05, 4.69) is 19.9 Å². The van der Waals surface area contributed by atoms with Crippen LogP contribution in [0.25, 0.3) is 0 Å². The van der Waals surface area contributed by atoms with Crippen molar-refractivity contribution < 1.29 is 15.3 Å². The molecular weight excluding hydrogens is 360 g/mol. The number of aliphatic hydroxyl groups is 3. The molecule has 29 heavy (non-hydrogen) atoms. The summed E-state index contributed by atoms with van der Waals surface area (Å²) in [6, 6.07) is 0. The highest BCUT2D eigenvalue weighted by atomic mass is 16.3. The Labute approximate surface area is 178 Å². The van der Waals surface area contributed by atoms with Gasteiger partial charge < -0.3 is 15.3 Å². The highest BCUT2D eigenvalue weighted by Gasteiger charge is 2.58. The number of hydrogen-bond donors (Lipinski definition) is 3. The highest BCUT2D eigenvalue weighted by Crippen LogP contribution is 2.66. The smallest absolute Gasteiger partial charge is 0.0641 e. The molecule has 0 saturated heterocycles. The van der Waals surface area contributed by atoms with Crippen LogP contribution < -0.4 is 0 Å². The van der Waals surface area contributed by atoms with Crippen LogP contribution in [0.1, 0.15) is 97.8 Å². The molecule has 4 rings (SSSR count). The number of aliphatic hydroxyl groups excluding tert-OH is 2. The highest BCUT2D eigenvalue weighted by molar-refractivity contribution is 5.25. The summed E-state index contributed by atoms with van der Waals surface area (Å²) in [5.41, 5.74) is 1.67. The number of fused-ring (bicyclic) bond motifs is 5. The van der Waals surface area contributed by atoms with Gasteiger partial charge in [-0.1, -0.05) is 31.9 Å². The van der Waals surface area contributed by atoms with Gasteiger partial charge in [-0.2, -0.15) is 0 Å². The van der Waals surface area contributed by atoms with Crippen molar-refractivity contribution in [3.63, 3.8) is 0 Å². The van der Waals surface area contributed by atoms with E-state index in [9.17, 15) is 10.2 Å². The van der Waals surface area contributed by atoms with Gasteiger partial charge in [-0.15, -0.1) is 0 Å². The topological polar surface area (TPSA) is 60.7 Å². The Bertz CT molecular complexity index is 625. The summed E-state index contributed by atoms with van der Waals surface area (Å²) in [5, 5.41) is 29.8. The van der Waals surface area contributed by atoms with Gasteiger partial charge in [-0.3, -0.25) is 0 Å². The fraction of sp³-hybridized carbons (Fsp3) is 0.923. The lowest BCUT2D eigenvalue weighted by molar-refractivity contribution is -0.0518. The van der Waals surface area contributed by atoms with Gasteiger partial charge in [0.15, 0.2) is 0 Å². The first-order valence-electron chi connectivity index (χ1n) is 12.4. The lowest BCUT2D eigenvalue weighted by Gasteiger charge is -2.58. The largest absolute Gasteiger partial charge is 0.396 e. The molecule has 8 atom stereocenters. The van der Waals surface area contributed by atoms with Crippen molar-refractivity contribution in [1.29, 1.82) is 0 Å². The van der Waals surface area contributed by atoms with Gasteiger partial charge in [-0.25, -0.2) is 0 Å². The van der Waals surface area contributed by atoms with E-state index in [0.717, 1.165) is 49.4 Å². The lowest BCUT2D eigenvalue weighted by Crippen LogP contribution is -2.50. The number of hydrogen-bond acceptors (Lipinski definition) is 3. The average molecular weight is 405 g/mol. The van der Waals surface area contributed by atoms with Gasteiger partial charge in [0.1, 0.15) is 0 Å². The Morgan fingerprint density at radius 2 is 1.86 bits per heavy atom. The minimum absolute atomic E-state index is 0.0740. The van der Waals surface area contributed by atoms with Crippen molar-refractivity contribution in [2.24, 2.45) is 34.5 Å². The molecule has 0 spiro atoms. The van der Waals surface area contributed by atoms with Crippen LogP contribution in [0.5, 0.6) is 0 Å². The molecular formula is C26H44O3. The van der Waals surface area contributed by atoms with Crippen molar-refractivity contribution in [3.05, 3.63) is 11.6 Å². The fourth-order valence-electron chi connectivity index (χ4n) is 8.32. The van der Waals surface area contributed by atoms with Crippen LogP contribution in [0.4, 0.5) is 0 Å². The molecule has 0 heterocycles. The standard InChI is InChI=1S/C26H44O3/c1-24(29,15-16-27)12-4-5-18-7-9-22-21-8-6-19-17-20(28)10-13-26(19,3)23(21)11-14-25(18,22)2/h6,18,20-23,27-29H,4-5,7-17H2,1-3H3. The SMILES string of the molecule is CC(O)(CCO)CCCC1CCC2C3CC=C4CC(O)CCC4(C)C3CCC12C. The minimum atomic E-state index is -0.712. The minimum Gasteiger partial charge on any atom is -0.396 e. The van der Waals surface area contributed by atoms with Gasteiger partial charge in [0.25, 0.3) is 0 Å². The predicted molar refractivity (Wildman–Crippen MR) is 117 cm³/mol. The van der Waals surface area contributed by atoms with Gasteiger partial charge >= 0.3 is 0 Å². The second-order valence-corrected chi connectivity index (χ2v) is 11.8. The summed E-state index contributed by atoms with van der Waals surface area (Å²) >= 11 is 0. The fourth-order valence-corrected chi connectivity index (χ4v) is 8.32. The molecule has 0 bridgehead atoms. The summed E-state index contributed by atoms with van der Waals surface area (Å²) < 4.78 is 0. The molecule has 0 aromatic carbocycles. The summed E-state index contributed by atoms with van der Waals surface area (Å²) in [6.45, 7) is 7.05. The molecule has 3 fully saturated rings. The zero-order valence-corrected chi connectivity index (χ0v) is 19.0. The third-order valence-corrected chi connectivity index (χ3v) is 10.2. The van der Waals surface area contributed by atoms with E-state index in [0.29, 0.717) is 17.3 Å². The first kappa shape index (κ1) is 21.8. The maximum absolute atomic E-state index is 10.4. The molecule has 0 aromatic rings. The maximum atomic E-state index is 10.4. The Balaban J connectivity index is 1.43. The Morgan fingerprint density at radius 1 is 1.07 bits per heavy atom. The van der Waals surface area contributed by atoms with Crippen LogP contribution in [0.15, 0.2) is 11.6 Å². The molecule has 3 heteroatoms. The van der Waals surface area contributed by atoms with Gasteiger partial charge in [-0.05, 0) is 112 Å². The van der Waals surface area contributed by atoms with Crippen molar-refractivity contribution in [3.8, 4) is 0 Å². The van der Waals surface area contributed by atoms with Crippen LogP contribution in [0.3, 0.4) is 0 Å². The van der Waals surface area contributed by atoms with Gasteiger partial charge in [0.2, 0.25) is 0 Å². The average Bonchev–Trinajstić information content (AvgIpc) is 2.99. The molecule has 3 nitrogen and oxygen atoms in total. The zero-order chi connectivity index (χ0) is 20.9. The molecule has 166 valence electrons. The normalized spacial score (nSPS) is 46.3. The monoisotopic (exact) mass is 404 g/mol. The summed E-state index contributed by atoms with van der Waals surface area (Å²) in [4.78, 5) is 0. The van der Waals surface area contributed by atoms with Gasteiger partial charge in [0.05, 0.1) is 11.7 Å². The van der Waals surface area contributed by atoms with E-state index in [4.69, 9.17) is 5.11 Å². The molecule has 0 aliphatic heterocycles. The second kappa shape index (κ2) is 7.95. The van der Waals surface area contributed by atoms with Crippen LogP contribution >= 0.6 is 0 Å². The van der Waals surface area contributed by atoms with Crippen LogP contribution in [0, 0.1) is 34.5 Å². The quantitative estimate of drug-likeness (QED) is 0.531. The Morgan fingerprint density at radius 3 is 2.62 bits per heavy atom. The first-order chi connectivity index (χ1) is 13.7. The van der Waals surface area contributed by atoms with Crippen LogP contribution in [0.2, 0.25) is 0 Å². The number of rotatable bonds is 6. The Kier molecular flexibility index (Phi) is 5.99. The summed E-state index contributed by atoms with van der Waals surface area (Å²) in [7, 11) is 0. The molecule has 4 aliphatic rings. The summed E-state index contributed by atoms with van der Waals surface area (Å²) in [6.07, 6.45) is 15.8. The van der Waals surface area contributed by atoms with E-state index in [1.807, 2.05) is 6.92 Å². The molecule has 4 aliphatic carbocycles. The Hall–Kier alpha value is -0.380. The molecule has 0 radical (unpaired) electrons. The molecule has 0 aromatic heterocycles. The molecule has 0 amide bonds. The van der Waals surface area contributed by atoms with E-state index in [1.165, 1.54) is 44.9 Å². The first-order valence-corrected chi connectivity index (χ1v) is 12.4. The lowest BCUT2D eigenvalue weighted by atomic mass is 9.47. The van der Waals surface area contributed by atoms with Crippen LogP contribution in [-0.2, 0) is 0 Å². The number of allylic oxidation sites excluding steroid dienone is 1. The van der Waals surface area contributed by atoms with E-state index >= 15 is 0 Å². The maximum Gasteiger partial charge on any atom is 0.0641 e. The van der Waals surface area contributed by atoms with E-state index in [-0.39, 0.29) is 12.7 Å². The van der Waals surface area contributed by atoms with Crippen molar-refractivity contribution in [2.75, 3.05) is 6.61 Å².